The minimum Gasteiger partial charge on any atom is -0.481 e. The molecular formula is C21H27Cl2N3O3. The van der Waals surface area contributed by atoms with Crippen molar-refractivity contribution in [2.45, 2.75) is 6.42 Å². The fraction of sp³-hybridized carbons (Fsp3) is 0.333. The largest absolute Gasteiger partial charge is 0.481 e. The number of hydrogen-bond acceptors (Lipinski definition) is 4. The molecule has 0 bridgehead atoms. The number of halogens is 2. The van der Waals surface area contributed by atoms with Crippen molar-refractivity contribution < 1.29 is 14.7 Å². The van der Waals surface area contributed by atoms with Gasteiger partial charge in [-0.15, -0.1) is 24.8 Å². The highest BCUT2D eigenvalue weighted by atomic mass is 35.5. The average Bonchev–Trinajstić information content (AvgIpc) is 2.64. The van der Waals surface area contributed by atoms with E-state index in [-0.39, 0.29) is 37.1 Å². The van der Waals surface area contributed by atoms with E-state index in [2.05, 4.69) is 16.8 Å². The molecule has 1 aliphatic heterocycles. The molecule has 0 radical (unpaired) electrons. The van der Waals surface area contributed by atoms with Gasteiger partial charge in [0.25, 0.3) is 0 Å². The third kappa shape index (κ3) is 7.01. The first-order valence-corrected chi connectivity index (χ1v) is 9.12. The normalized spacial score (nSPS) is 14.4. The number of para-hydroxylation sites is 1. The Kier molecular flexibility index (Phi) is 10.1. The van der Waals surface area contributed by atoms with E-state index < -0.39 is 5.97 Å². The highest BCUT2D eigenvalue weighted by molar-refractivity contribution is 6.01. The van der Waals surface area contributed by atoms with Crippen LogP contribution in [0.1, 0.15) is 5.56 Å². The molecular weight excluding hydrogens is 413 g/mol. The lowest BCUT2D eigenvalue weighted by atomic mass is 10.1. The number of nitrogens with zero attached hydrogens (tertiary/aromatic N) is 3. The zero-order chi connectivity index (χ0) is 19.2. The first-order chi connectivity index (χ1) is 13.0. The molecule has 29 heavy (non-hydrogen) atoms. The number of aliphatic carboxylic acids is 1. The molecule has 1 saturated heterocycles. The Balaban J connectivity index is 0.00000210. The van der Waals surface area contributed by atoms with Crippen LogP contribution < -0.4 is 4.90 Å². The summed E-state index contributed by atoms with van der Waals surface area (Å²) in [7, 11) is 2.09. The Hall–Kier alpha value is -2.12. The standard InChI is InChI=1S/C21H25N3O3.2ClH/c1-22-10-12-23(13-11-22)16-20(25)24(18-7-3-2-4-8-18)19-9-5-6-17(14-19)15-21(26)27;;/h2-9,14H,10-13,15-16H2,1H3,(H,26,27);2*1H. The second-order valence-corrected chi connectivity index (χ2v) is 6.88. The number of carboxylic acid groups (broad SMARTS) is 1. The van der Waals surface area contributed by atoms with Gasteiger partial charge in [-0.25, -0.2) is 0 Å². The summed E-state index contributed by atoms with van der Waals surface area (Å²) in [5, 5.41) is 9.07. The third-order valence-electron chi connectivity index (χ3n) is 4.74. The maximum absolute atomic E-state index is 13.2. The molecule has 3 rings (SSSR count). The van der Waals surface area contributed by atoms with Gasteiger partial charge < -0.3 is 10.0 Å². The SMILES string of the molecule is CN1CCN(CC(=O)N(c2ccccc2)c2cccc(CC(=O)O)c2)CC1.Cl.Cl. The van der Waals surface area contributed by atoms with Gasteiger partial charge in [0.05, 0.1) is 13.0 Å². The Labute approximate surface area is 183 Å². The minimum atomic E-state index is -0.887. The zero-order valence-electron chi connectivity index (χ0n) is 16.4. The molecule has 1 fully saturated rings. The van der Waals surface area contributed by atoms with Crippen molar-refractivity contribution in [3.63, 3.8) is 0 Å². The average molecular weight is 440 g/mol. The van der Waals surface area contributed by atoms with Gasteiger partial charge >= 0.3 is 5.97 Å². The lowest BCUT2D eigenvalue weighted by molar-refractivity contribution is -0.136. The van der Waals surface area contributed by atoms with Gasteiger partial charge in [0.2, 0.25) is 5.91 Å². The molecule has 0 atom stereocenters. The Morgan fingerprint density at radius 2 is 1.55 bits per heavy atom. The number of carboxylic acids is 1. The van der Waals surface area contributed by atoms with E-state index in [9.17, 15) is 9.59 Å². The molecule has 0 spiro atoms. The molecule has 0 aromatic heterocycles. The number of anilines is 2. The summed E-state index contributed by atoms with van der Waals surface area (Å²) in [6.07, 6.45) is -0.0663. The second-order valence-electron chi connectivity index (χ2n) is 6.88. The molecule has 0 saturated carbocycles. The quantitative estimate of drug-likeness (QED) is 0.748. The molecule has 6 nitrogen and oxygen atoms in total. The van der Waals surface area contributed by atoms with E-state index in [1.807, 2.05) is 36.4 Å². The van der Waals surface area contributed by atoms with Gasteiger partial charge in [-0.1, -0.05) is 30.3 Å². The molecule has 158 valence electrons. The highest BCUT2D eigenvalue weighted by Gasteiger charge is 2.23. The topological polar surface area (TPSA) is 64.1 Å². The molecule has 8 heteroatoms. The number of benzene rings is 2. The number of hydrogen-bond donors (Lipinski definition) is 1. The molecule has 2 aromatic rings. The van der Waals surface area contributed by atoms with Crippen molar-refractivity contribution in [1.29, 1.82) is 0 Å². The van der Waals surface area contributed by atoms with Gasteiger partial charge in [-0.2, -0.15) is 0 Å². The minimum absolute atomic E-state index is 0. The third-order valence-corrected chi connectivity index (χ3v) is 4.74. The van der Waals surface area contributed by atoms with Crippen LogP contribution in [-0.2, 0) is 16.0 Å². The number of rotatable bonds is 6. The molecule has 1 N–H and O–H groups in total. The molecule has 1 aliphatic rings. The van der Waals surface area contributed by atoms with Crippen LogP contribution in [0.15, 0.2) is 54.6 Å². The van der Waals surface area contributed by atoms with Crippen molar-refractivity contribution in [2.75, 3.05) is 44.7 Å². The summed E-state index contributed by atoms with van der Waals surface area (Å²) in [6, 6.07) is 16.7. The van der Waals surface area contributed by atoms with Gasteiger partial charge in [0, 0.05) is 37.6 Å². The summed E-state index contributed by atoms with van der Waals surface area (Å²) in [5.41, 5.74) is 2.15. The Morgan fingerprint density at radius 1 is 0.931 bits per heavy atom. The number of carbonyl (C=O) groups is 2. The summed E-state index contributed by atoms with van der Waals surface area (Å²) in [4.78, 5) is 30.3. The van der Waals surface area contributed by atoms with Crippen molar-refractivity contribution in [3.05, 3.63) is 60.2 Å². The maximum Gasteiger partial charge on any atom is 0.307 e. The van der Waals surface area contributed by atoms with E-state index in [1.165, 1.54) is 0 Å². The second kappa shape index (κ2) is 11.8. The van der Waals surface area contributed by atoms with Gasteiger partial charge in [-0.3, -0.25) is 19.4 Å². The van der Waals surface area contributed by atoms with Gasteiger partial charge in [0.15, 0.2) is 0 Å². The van der Waals surface area contributed by atoms with Crippen LogP contribution in [0.25, 0.3) is 0 Å². The zero-order valence-corrected chi connectivity index (χ0v) is 18.0. The predicted molar refractivity (Wildman–Crippen MR) is 120 cm³/mol. The van der Waals surface area contributed by atoms with E-state index >= 15 is 0 Å². The smallest absolute Gasteiger partial charge is 0.307 e. The van der Waals surface area contributed by atoms with E-state index in [1.54, 1.807) is 23.1 Å². The summed E-state index contributed by atoms with van der Waals surface area (Å²) < 4.78 is 0. The van der Waals surface area contributed by atoms with Gasteiger partial charge in [-0.05, 0) is 36.9 Å². The first-order valence-electron chi connectivity index (χ1n) is 9.12. The molecule has 0 aliphatic carbocycles. The fourth-order valence-electron chi connectivity index (χ4n) is 3.26. The molecule has 0 unspecified atom stereocenters. The van der Waals surface area contributed by atoms with Crippen LogP contribution in [0.3, 0.4) is 0 Å². The maximum atomic E-state index is 13.2. The number of likely N-dealkylation sites (N-methyl/N-ethyl adjacent to an activating group) is 1. The van der Waals surface area contributed by atoms with Crippen molar-refractivity contribution in [2.24, 2.45) is 0 Å². The van der Waals surface area contributed by atoms with E-state index in [0.717, 1.165) is 31.9 Å². The first kappa shape index (κ1) is 24.9. The molecule has 1 amide bonds. The predicted octanol–water partition coefficient (Wildman–Crippen LogP) is 3.07. The van der Waals surface area contributed by atoms with E-state index in [0.29, 0.717) is 17.8 Å². The van der Waals surface area contributed by atoms with Crippen LogP contribution in [0.5, 0.6) is 0 Å². The van der Waals surface area contributed by atoms with Crippen molar-refractivity contribution in [1.82, 2.24) is 9.80 Å². The summed E-state index contributed by atoms with van der Waals surface area (Å²) in [5.74, 6) is -0.902. The van der Waals surface area contributed by atoms with Crippen LogP contribution >= 0.6 is 24.8 Å². The Morgan fingerprint density at radius 3 is 2.17 bits per heavy atom. The van der Waals surface area contributed by atoms with Crippen LogP contribution in [0.4, 0.5) is 11.4 Å². The van der Waals surface area contributed by atoms with Crippen molar-refractivity contribution in [3.8, 4) is 0 Å². The van der Waals surface area contributed by atoms with Crippen LogP contribution in [0.2, 0.25) is 0 Å². The van der Waals surface area contributed by atoms with Crippen LogP contribution in [0, 0.1) is 0 Å². The lowest BCUT2D eigenvalue weighted by Gasteiger charge is -2.33. The Bertz CT molecular complexity index is 797. The monoisotopic (exact) mass is 439 g/mol. The summed E-state index contributed by atoms with van der Waals surface area (Å²) >= 11 is 0. The lowest BCUT2D eigenvalue weighted by Crippen LogP contribution is -2.48. The van der Waals surface area contributed by atoms with Crippen molar-refractivity contribution >= 4 is 48.1 Å². The number of amides is 1. The fourth-order valence-corrected chi connectivity index (χ4v) is 3.26. The molecule has 1 heterocycles. The number of carbonyl (C=O) groups excluding carboxylic acids is 1. The van der Waals surface area contributed by atoms with Gasteiger partial charge in [0.1, 0.15) is 0 Å². The molecule has 2 aromatic carbocycles. The number of piperazine rings is 1. The highest BCUT2D eigenvalue weighted by Crippen LogP contribution is 2.26. The summed E-state index contributed by atoms with van der Waals surface area (Å²) in [6.45, 7) is 3.97. The van der Waals surface area contributed by atoms with E-state index in [4.69, 9.17) is 5.11 Å². The van der Waals surface area contributed by atoms with Crippen LogP contribution in [-0.4, -0.2) is 66.6 Å².